The summed E-state index contributed by atoms with van der Waals surface area (Å²) in [5.41, 5.74) is 0.155. The number of carbonyl (C=O) groups is 1. The molecule has 1 saturated heterocycles. The van der Waals surface area contributed by atoms with Gasteiger partial charge in [-0.1, -0.05) is 25.8 Å². The number of carbonyl (C=O) groups excluding carboxylic acids is 1. The molecule has 1 heterocycles. The molecular weight excluding hydrogens is 202 g/mol. The van der Waals surface area contributed by atoms with E-state index < -0.39 is 0 Å². The molecule has 0 aromatic rings. The molecule has 2 aliphatic rings. The van der Waals surface area contributed by atoms with Gasteiger partial charge in [-0.15, -0.1) is 0 Å². The molecule has 1 N–H and O–H groups in total. The van der Waals surface area contributed by atoms with Crippen molar-refractivity contribution in [1.82, 2.24) is 5.32 Å². The lowest BCUT2D eigenvalue weighted by Gasteiger charge is -2.33. The first-order valence-corrected chi connectivity index (χ1v) is 6.32. The molecule has 0 radical (unpaired) electrons. The molecule has 0 bridgehead atoms. The molecule has 1 spiro atoms. The third-order valence-electron chi connectivity index (χ3n) is 3.79. The Kier molecular flexibility index (Phi) is 3.64. The standard InChI is InChI=1S/C13H21NO2/c1-2-12(15)14-10-11-6-9-13(16-11)7-4-3-5-8-13/h2,11H,1,3-10H2,(H,14,15). The van der Waals surface area contributed by atoms with Crippen molar-refractivity contribution in [2.24, 2.45) is 0 Å². The smallest absolute Gasteiger partial charge is 0.243 e. The Morgan fingerprint density at radius 2 is 2.12 bits per heavy atom. The zero-order valence-electron chi connectivity index (χ0n) is 9.84. The third kappa shape index (κ3) is 2.64. The summed E-state index contributed by atoms with van der Waals surface area (Å²) in [7, 11) is 0. The van der Waals surface area contributed by atoms with Crippen molar-refractivity contribution >= 4 is 5.91 Å². The lowest BCUT2D eigenvalue weighted by molar-refractivity contribution is -0.118. The molecule has 16 heavy (non-hydrogen) atoms. The second kappa shape index (κ2) is 5.00. The molecule has 1 unspecified atom stereocenters. The van der Waals surface area contributed by atoms with Gasteiger partial charge in [-0.05, 0) is 31.8 Å². The third-order valence-corrected chi connectivity index (χ3v) is 3.79. The van der Waals surface area contributed by atoms with E-state index in [4.69, 9.17) is 4.74 Å². The predicted octanol–water partition coefficient (Wildman–Crippen LogP) is 2.17. The monoisotopic (exact) mass is 223 g/mol. The lowest BCUT2D eigenvalue weighted by Crippen LogP contribution is -2.35. The van der Waals surface area contributed by atoms with Crippen molar-refractivity contribution < 1.29 is 9.53 Å². The van der Waals surface area contributed by atoms with Crippen LogP contribution < -0.4 is 5.32 Å². The second-order valence-electron chi connectivity index (χ2n) is 4.97. The van der Waals surface area contributed by atoms with E-state index in [2.05, 4.69) is 11.9 Å². The highest BCUT2D eigenvalue weighted by molar-refractivity contribution is 5.86. The van der Waals surface area contributed by atoms with E-state index in [1.807, 2.05) is 0 Å². The number of nitrogens with one attached hydrogen (secondary N) is 1. The largest absolute Gasteiger partial charge is 0.370 e. The Bertz CT molecular complexity index is 269. The van der Waals surface area contributed by atoms with Gasteiger partial charge in [0, 0.05) is 6.54 Å². The molecule has 1 amide bonds. The van der Waals surface area contributed by atoms with Gasteiger partial charge in [-0.2, -0.15) is 0 Å². The van der Waals surface area contributed by atoms with Crippen molar-refractivity contribution in [3.8, 4) is 0 Å². The molecule has 2 rings (SSSR count). The molecule has 3 heteroatoms. The molecule has 1 saturated carbocycles. The van der Waals surface area contributed by atoms with Crippen LogP contribution in [-0.4, -0.2) is 24.2 Å². The van der Waals surface area contributed by atoms with E-state index in [1.165, 1.54) is 44.6 Å². The summed E-state index contributed by atoms with van der Waals surface area (Å²) in [6, 6.07) is 0. The van der Waals surface area contributed by atoms with Gasteiger partial charge in [0.2, 0.25) is 5.91 Å². The summed E-state index contributed by atoms with van der Waals surface area (Å²) < 4.78 is 6.14. The fraction of sp³-hybridized carbons (Fsp3) is 0.769. The summed E-state index contributed by atoms with van der Waals surface area (Å²) in [6.07, 6.45) is 10.1. The van der Waals surface area contributed by atoms with Crippen molar-refractivity contribution in [2.45, 2.75) is 56.7 Å². The number of ether oxygens (including phenoxy) is 1. The van der Waals surface area contributed by atoms with Gasteiger partial charge in [0.1, 0.15) is 0 Å². The summed E-state index contributed by atoms with van der Waals surface area (Å²) in [6.45, 7) is 4.07. The van der Waals surface area contributed by atoms with Crippen LogP contribution in [0.15, 0.2) is 12.7 Å². The Morgan fingerprint density at radius 1 is 1.38 bits per heavy atom. The zero-order chi connectivity index (χ0) is 11.4. The molecule has 0 aromatic carbocycles. The fourth-order valence-electron chi connectivity index (χ4n) is 2.89. The van der Waals surface area contributed by atoms with Crippen LogP contribution in [0.2, 0.25) is 0 Å². The van der Waals surface area contributed by atoms with Gasteiger partial charge in [0.05, 0.1) is 11.7 Å². The molecule has 2 fully saturated rings. The van der Waals surface area contributed by atoms with Gasteiger partial charge in [-0.3, -0.25) is 4.79 Å². The fourth-order valence-corrected chi connectivity index (χ4v) is 2.89. The summed E-state index contributed by atoms with van der Waals surface area (Å²) in [5.74, 6) is -0.104. The number of rotatable bonds is 3. The lowest BCUT2D eigenvalue weighted by atomic mass is 9.83. The Labute approximate surface area is 97.2 Å². The second-order valence-corrected chi connectivity index (χ2v) is 4.97. The molecule has 1 aliphatic heterocycles. The van der Waals surface area contributed by atoms with Gasteiger partial charge >= 0.3 is 0 Å². The number of hydrogen-bond acceptors (Lipinski definition) is 2. The summed E-state index contributed by atoms with van der Waals surface area (Å²) in [4.78, 5) is 11.1. The molecule has 0 aromatic heterocycles. The van der Waals surface area contributed by atoms with Gasteiger partial charge in [-0.25, -0.2) is 0 Å². The van der Waals surface area contributed by atoms with Crippen LogP contribution in [0.4, 0.5) is 0 Å². The predicted molar refractivity (Wildman–Crippen MR) is 63.1 cm³/mol. The van der Waals surface area contributed by atoms with Crippen molar-refractivity contribution in [2.75, 3.05) is 6.54 Å². The maximum atomic E-state index is 11.1. The Hall–Kier alpha value is -0.830. The van der Waals surface area contributed by atoms with Crippen molar-refractivity contribution in [3.05, 3.63) is 12.7 Å². The Balaban J connectivity index is 1.78. The van der Waals surface area contributed by atoms with Gasteiger partial charge < -0.3 is 10.1 Å². The molecule has 1 aliphatic carbocycles. The van der Waals surface area contributed by atoms with Crippen LogP contribution >= 0.6 is 0 Å². The highest BCUT2D eigenvalue weighted by Crippen LogP contribution is 2.41. The van der Waals surface area contributed by atoms with Crippen molar-refractivity contribution in [3.63, 3.8) is 0 Å². The molecular formula is C13H21NO2. The average molecular weight is 223 g/mol. The number of hydrogen-bond donors (Lipinski definition) is 1. The van der Waals surface area contributed by atoms with Crippen molar-refractivity contribution in [1.29, 1.82) is 0 Å². The molecule has 1 atom stereocenters. The van der Waals surface area contributed by atoms with E-state index in [0.717, 1.165) is 6.42 Å². The topological polar surface area (TPSA) is 38.3 Å². The van der Waals surface area contributed by atoms with Gasteiger partial charge in [0.15, 0.2) is 0 Å². The maximum Gasteiger partial charge on any atom is 0.243 e. The minimum atomic E-state index is -0.104. The van der Waals surface area contributed by atoms with E-state index in [0.29, 0.717) is 6.54 Å². The average Bonchev–Trinajstić information content (AvgIpc) is 2.70. The first-order valence-electron chi connectivity index (χ1n) is 6.32. The zero-order valence-corrected chi connectivity index (χ0v) is 9.84. The number of amides is 1. The van der Waals surface area contributed by atoms with E-state index in [1.54, 1.807) is 0 Å². The highest BCUT2D eigenvalue weighted by atomic mass is 16.5. The van der Waals surface area contributed by atoms with Crippen LogP contribution in [0.5, 0.6) is 0 Å². The first-order chi connectivity index (χ1) is 7.74. The maximum absolute atomic E-state index is 11.1. The van der Waals surface area contributed by atoms with E-state index in [-0.39, 0.29) is 17.6 Å². The van der Waals surface area contributed by atoms with Gasteiger partial charge in [0.25, 0.3) is 0 Å². The molecule has 90 valence electrons. The summed E-state index contributed by atoms with van der Waals surface area (Å²) >= 11 is 0. The first kappa shape index (κ1) is 11.6. The minimum absolute atomic E-state index is 0.104. The highest BCUT2D eigenvalue weighted by Gasteiger charge is 2.40. The quantitative estimate of drug-likeness (QED) is 0.745. The van der Waals surface area contributed by atoms with Crippen LogP contribution in [0.1, 0.15) is 44.9 Å². The summed E-state index contributed by atoms with van der Waals surface area (Å²) in [5, 5.41) is 2.81. The molecule has 3 nitrogen and oxygen atoms in total. The van der Waals surface area contributed by atoms with E-state index >= 15 is 0 Å². The van der Waals surface area contributed by atoms with Crippen LogP contribution in [-0.2, 0) is 9.53 Å². The van der Waals surface area contributed by atoms with E-state index in [9.17, 15) is 4.79 Å². The SMILES string of the molecule is C=CC(=O)NCC1CCC2(CCCCC2)O1. The normalized spacial score (nSPS) is 27.9. The van der Waals surface area contributed by atoms with Crippen LogP contribution in [0, 0.1) is 0 Å². The Morgan fingerprint density at radius 3 is 2.81 bits per heavy atom. The minimum Gasteiger partial charge on any atom is -0.370 e. The van der Waals surface area contributed by atoms with Crippen LogP contribution in [0.3, 0.4) is 0 Å². The van der Waals surface area contributed by atoms with Crippen LogP contribution in [0.25, 0.3) is 0 Å².